The fourth-order valence-electron chi connectivity index (χ4n) is 1.63. The number of fused-ring (bicyclic) bond motifs is 1. The lowest BCUT2D eigenvalue weighted by atomic mass is 10.3. The number of halogens is 1. The summed E-state index contributed by atoms with van der Waals surface area (Å²) in [5, 5.41) is 0. The first-order valence-corrected chi connectivity index (χ1v) is 4.80. The molecule has 0 aliphatic rings. The minimum Gasteiger partial charge on any atom is -0.440 e. The summed E-state index contributed by atoms with van der Waals surface area (Å²) in [6.45, 7) is 1.81. The van der Waals surface area contributed by atoms with E-state index in [1.54, 1.807) is 12.1 Å². The van der Waals surface area contributed by atoms with Gasteiger partial charge in [-0.3, -0.25) is 0 Å². The second kappa shape index (κ2) is 3.16. The van der Waals surface area contributed by atoms with Gasteiger partial charge in [0.15, 0.2) is 23.8 Å². The number of aromatic amines is 1. The van der Waals surface area contributed by atoms with E-state index in [1.165, 1.54) is 12.5 Å². The molecular weight excluding hydrogens is 209 g/mol. The third-order valence-electron chi connectivity index (χ3n) is 2.42. The molecule has 2 heterocycles. The Kier molecular flexibility index (Phi) is 1.80. The van der Waals surface area contributed by atoms with E-state index >= 15 is 0 Å². The molecule has 0 atom stereocenters. The molecule has 16 heavy (non-hydrogen) atoms. The molecule has 4 nitrogen and oxygen atoms in total. The predicted octanol–water partition coefficient (Wildman–Crippen LogP) is 2.67. The Hall–Kier alpha value is -2.17. The van der Waals surface area contributed by atoms with Crippen molar-refractivity contribution in [3.63, 3.8) is 0 Å². The van der Waals surface area contributed by atoms with E-state index in [9.17, 15) is 4.39 Å². The van der Waals surface area contributed by atoms with E-state index in [4.69, 9.17) is 4.42 Å². The zero-order chi connectivity index (χ0) is 11.1. The number of H-pyrrole nitrogens is 1. The molecule has 80 valence electrons. The van der Waals surface area contributed by atoms with E-state index in [2.05, 4.69) is 15.0 Å². The molecule has 3 aromatic rings. The summed E-state index contributed by atoms with van der Waals surface area (Å²) < 4.78 is 18.6. The zero-order valence-electron chi connectivity index (χ0n) is 8.49. The molecule has 0 amide bonds. The highest BCUT2D eigenvalue weighted by molar-refractivity contribution is 5.79. The summed E-state index contributed by atoms with van der Waals surface area (Å²) in [6, 6.07) is 4.77. The van der Waals surface area contributed by atoms with Crippen LogP contribution in [0.15, 0.2) is 29.0 Å². The van der Waals surface area contributed by atoms with E-state index in [0.29, 0.717) is 22.6 Å². The van der Waals surface area contributed by atoms with Crippen LogP contribution in [0.4, 0.5) is 4.39 Å². The Labute approximate surface area is 90.1 Å². The Bertz CT molecular complexity index is 656. The van der Waals surface area contributed by atoms with E-state index in [0.717, 1.165) is 5.69 Å². The van der Waals surface area contributed by atoms with Crippen molar-refractivity contribution < 1.29 is 8.81 Å². The van der Waals surface area contributed by atoms with Gasteiger partial charge in [0.25, 0.3) is 0 Å². The van der Waals surface area contributed by atoms with Crippen molar-refractivity contribution in [1.29, 1.82) is 0 Å². The molecule has 2 aromatic heterocycles. The molecule has 0 aliphatic carbocycles. The van der Waals surface area contributed by atoms with Gasteiger partial charge in [-0.2, -0.15) is 0 Å². The standard InChI is InChI=1S/C11H8FN3O/c1-6-10(16-5-13-6)11-14-8-4-2-3-7(12)9(8)15-11/h2-5H,1H3,(H,14,15). The molecular formula is C11H8FN3O. The average molecular weight is 217 g/mol. The van der Waals surface area contributed by atoms with Gasteiger partial charge in [0.2, 0.25) is 0 Å². The molecule has 1 aromatic carbocycles. The van der Waals surface area contributed by atoms with Crippen molar-refractivity contribution in [1.82, 2.24) is 15.0 Å². The minimum absolute atomic E-state index is 0.313. The maximum Gasteiger partial charge on any atom is 0.192 e. The second-order valence-electron chi connectivity index (χ2n) is 3.49. The molecule has 0 bridgehead atoms. The first-order chi connectivity index (χ1) is 7.75. The largest absolute Gasteiger partial charge is 0.440 e. The summed E-state index contributed by atoms with van der Waals surface area (Å²) in [6.07, 6.45) is 1.34. The third-order valence-corrected chi connectivity index (χ3v) is 2.42. The number of aromatic nitrogens is 3. The average Bonchev–Trinajstić information content (AvgIpc) is 2.84. The topological polar surface area (TPSA) is 54.7 Å². The number of aryl methyl sites for hydroxylation is 1. The van der Waals surface area contributed by atoms with Gasteiger partial charge in [0.1, 0.15) is 5.52 Å². The number of nitrogens with zero attached hydrogens (tertiary/aromatic N) is 2. The third kappa shape index (κ3) is 1.21. The van der Waals surface area contributed by atoms with Crippen molar-refractivity contribution in [2.75, 3.05) is 0 Å². The van der Waals surface area contributed by atoms with Crippen molar-refractivity contribution in [2.45, 2.75) is 6.92 Å². The lowest BCUT2D eigenvalue weighted by molar-refractivity contribution is 0.567. The van der Waals surface area contributed by atoms with Crippen molar-refractivity contribution in [3.05, 3.63) is 36.1 Å². The van der Waals surface area contributed by atoms with Crippen molar-refractivity contribution >= 4 is 11.0 Å². The molecule has 1 N–H and O–H groups in total. The summed E-state index contributed by atoms with van der Waals surface area (Å²) >= 11 is 0. The molecule has 0 fully saturated rings. The van der Waals surface area contributed by atoms with Crippen LogP contribution in [-0.2, 0) is 0 Å². The minimum atomic E-state index is -0.350. The lowest BCUT2D eigenvalue weighted by Gasteiger charge is -1.88. The SMILES string of the molecule is Cc1ncoc1-c1nc2c(F)cccc2[nH]1. The molecule has 0 spiro atoms. The Morgan fingerprint density at radius 1 is 1.38 bits per heavy atom. The van der Waals surface area contributed by atoms with Crippen LogP contribution in [0.5, 0.6) is 0 Å². The van der Waals surface area contributed by atoms with Crippen LogP contribution in [0.25, 0.3) is 22.6 Å². The van der Waals surface area contributed by atoms with Crippen LogP contribution in [-0.4, -0.2) is 15.0 Å². The van der Waals surface area contributed by atoms with Gasteiger partial charge < -0.3 is 9.40 Å². The predicted molar refractivity (Wildman–Crippen MR) is 56.3 cm³/mol. The van der Waals surface area contributed by atoms with Gasteiger partial charge in [0, 0.05) is 0 Å². The second-order valence-corrected chi connectivity index (χ2v) is 3.49. The van der Waals surface area contributed by atoms with Crippen LogP contribution < -0.4 is 0 Å². The van der Waals surface area contributed by atoms with Gasteiger partial charge in [-0.05, 0) is 19.1 Å². The van der Waals surface area contributed by atoms with Crippen molar-refractivity contribution in [3.8, 4) is 11.6 Å². The fraction of sp³-hybridized carbons (Fsp3) is 0.0909. The van der Waals surface area contributed by atoms with Crippen molar-refractivity contribution in [2.24, 2.45) is 0 Å². The van der Waals surface area contributed by atoms with Crippen LogP contribution in [0, 0.1) is 12.7 Å². The molecule has 0 aliphatic heterocycles. The Morgan fingerprint density at radius 3 is 2.94 bits per heavy atom. The number of hydrogen-bond acceptors (Lipinski definition) is 3. The van der Waals surface area contributed by atoms with Gasteiger partial charge in [0.05, 0.1) is 11.2 Å². The highest BCUT2D eigenvalue weighted by Crippen LogP contribution is 2.23. The van der Waals surface area contributed by atoms with Gasteiger partial charge in [-0.25, -0.2) is 14.4 Å². The first kappa shape index (κ1) is 9.08. The number of benzene rings is 1. The molecule has 0 radical (unpaired) electrons. The van der Waals surface area contributed by atoms with E-state index in [1.807, 2.05) is 6.92 Å². The van der Waals surface area contributed by atoms with Gasteiger partial charge in [-0.1, -0.05) is 6.07 Å². The first-order valence-electron chi connectivity index (χ1n) is 4.80. The lowest BCUT2D eigenvalue weighted by Crippen LogP contribution is -1.80. The summed E-state index contributed by atoms with van der Waals surface area (Å²) in [4.78, 5) is 11.1. The molecule has 0 saturated heterocycles. The zero-order valence-corrected chi connectivity index (χ0v) is 8.49. The monoisotopic (exact) mass is 217 g/mol. The number of imidazole rings is 1. The van der Waals surface area contributed by atoms with Crippen LogP contribution >= 0.6 is 0 Å². The Morgan fingerprint density at radius 2 is 2.25 bits per heavy atom. The number of nitrogens with one attached hydrogen (secondary N) is 1. The van der Waals surface area contributed by atoms with E-state index < -0.39 is 0 Å². The summed E-state index contributed by atoms with van der Waals surface area (Å²) in [7, 11) is 0. The molecule has 0 unspecified atom stereocenters. The highest BCUT2D eigenvalue weighted by Gasteiger charge is 2.13. The molecule has 0 saturated carbocycles. The van der Waals surface area contributed by atoms with Crippen LogP contribution in [0.3, 0.4) is 0 Å². The quantitative estimate of drug-likeness (QED) is 0.681. The maximum atomic E-state index is 13.4. The number of para-hydroxylation sites is 1. The van der Waals surface area contributed by atoms with Gasteiger partial charge >= 0.3 is 0 Å². The summed E-state index contributed by atoms with van der Waals surface area (Å²) in [5.74, 6) is 0.683. The number of oxazole rings is 1. The normalized spacial score (nSPS) is 11.1. The summed E-state index contributed by atoms with van der Waals surface area (Å²) in [5.41, 5.74) is 1.68. The Balaban J connectivity index is 2.27. The fourth-order valence-corrected chi connectivity index (χ4v) is 1.63. The maximum absolute atomic E-state index is 13.4. The highest BCUT2D eigenvalue weighted by atomic mass is 19.1. The molecule has 5 heteroatoms. The molecule has 3 rings (SSSR count). The van der Waals surface area contributed by atoms with E-state index in [-0.39, 0.29) is 5.82 Å². The number of hydrogen-bond donors (Lipinski definition) is 1. The smallest absolute Gasteiger partial charge is 0.192 e. The number of rotatable bonds is 1. The van der Waals surface area contributed by atoms with Gasteiger partial charge in [-0.15, -0.1) is 0 Å². The van der Waals surface area contributed by atoms with Crippen LogP contribution in [0.1, 0.15) is 5.69 Å². The van der Waals surface area contributed by atoms with Crippen LogP contribution in [0.2, 0.25) is 0 Å².